The normalized spacial score (nSPS) is 10.4. The molecule has 1 amide bonds. The second kappa shape index (κ2) is 3.83. The van der Waals surface area contributed by atoms with Gasteiger partial charge in [0.2, 0.25) is 5.69 Å². The van der Waals surface area contributed by atoms with E-state index in [1.165, 1.54) is 0 Å². The Bertz CT molecular complexity index is 300. The standard InChI is InChI=1S/C6H6F2N2O3/c7-4(8)2-12-3-1-13-10-5(3)6(9)11/h1,4H,2H2,(H2,9,11). The highest BCUT2D eigenvalue weighted by atomic mass is 19.3. The van der Waals surface area contributed by atoms with Gasteiger partial charge in [-0.1, -0.05) is 5.16 Å². The third kappa shape index (κ3) is 2.39. The number of primary amides is 1. The molecule has 0 bridgehead atoms. The molecule has 0 fully saturated rings. The number of carbonyl (C=O) groups is 1. The van der Waals surface area contributed by atoms with Crippen molar-refractivity contribution in [3.05, 3.63) is 12.0 Å². The lowest BCUT2D eigenvalue weighted by molar-refractivity contribution is 0.0799. The van der Waals surface area contributed by atoms with Gasteiger partial charge in [-0.15, -0.1) is 0 Å². The molecule has 1 rings (SSSR count). The molecule has 1 aromatic heterocycles. The quantitative estimate of drug-likeness (QED) is 0.749. The maximum atomic E-state index is 11.7. The zero-order valence-electron chi connectivity index (χ0n) is 6.37. The Morgan fingerprint density at radius 1 is 1.77 bits per heavy atom. The first kappa shape index (κ1) is 9.43. The lowest BCUT2D eigenvalue weighted by atomic mass is 10.4. The van der Waals surface area contributed by atoms with Crippen LogP contribution in [0.4, 0.5) is 8.78 Å². The number of aromatic nitrogens is 1. The molecule has 72 valence electrons. The van der Waals surface area contributed by atoms with E-state index in [9.17, 15) is 13.6 Å². The van der Waals surface area contributed by atoms with Crippen molar-refractivity contribution in [3.8, 4) is 5.75 Å². The Labute approximate surface area is 71.4 Å². The lowest BCUT2D eigenvalue weighted by Crippen LogP contribution is -2.14. The summed E-state index contributed by atoms with van der Waals surface area (Å²) in [6.45, 7) is -0.832. The zero-order chi connectivity index (χ0) is 9.84. The predicted molar refractivity (Wildman–Crippen MR) is 36.5 cm³/mol. The molecule has 1 aromatic rings. The Morgan fingerprint density at radius 3 is 3.00 bits per heavy atom. The van der Waals surface area contributed by atoms with Crippen LogP contribution < -0.4 is 10.5 Å². The number of alkyl halides is 2. The minimum Gasteiger partial charge on any atom is -0.482 e. The maximum Gasteiger partial charge on any atom is 0.274 e. The molecule has 13 heavy (non-hydrogen) atoms. The zero-order valence-corrected chi connectivity index (χ0v) is 6.37. The summed E-state index contributed by atoms with van der Waals surface area (Å²) in [6, 6.07) is 0. The van der Waals surface area contributed by atoms with Gasteiger partial charge in [0.1, 0.15) is 6.61 Å². The summed E-state index contributed by atoms with van der Waals surface area (Å²) in [5.74, 6) is -1.06. The van der Waals surface area contributed by atoms with Gasteiger partial charge >= 0.3 is 0 Å². The van der Waals surface area contributed by atoms with Crippen LogP contribution in [-0.4, -0.2) is 24.1 Å². The molecule has 2 N–H and O–H groups in total. The average Bonchev–Trinajstić information content (AvgIpc) is 2.47. The highest BCUT2D eigenvalue weighted by molar-refractivity contribution is 5.93. The van der Waals surface area contributed by atoms with Crippen molar-refractivity contribution in [2.45, 2.75) is 6.43 Å². The predicted octanol–water partition coefficient (Wildman–Crippen LogP) is 0.417. The van der Waals surface area contributed by atoms with Crippen LogP contribution in [-0.2, 0) is 0 Å². The molecule has 1 heterocycles. The lowest BCUT2D eigenvalue weighted by Gasteiger charge is -2.01. The first-order valence-corrected chi connectivity index (χ1v) is 3.26. The highest BCUT2D eigenvalue weighted by Crippen LogP contribution is 2.16. The van der Waals surface area contributed by atoms with Crippen molar-refractivity contribution in [1.82, 2.24) is 5.16 Å². The fourth-order valence-electron chi connectivity index (χ4n) is 0.649. The van der Waals surface area contributed by atoms with Crippen LogP contribution in [0.15, 0.2) is 10.8 Å². The van der Waals surface area contributed by atoms with Gasteiger partial charge in [-0.05, 0) is 0 Å². The van der Waals surface area contributed by atoms with Crippen LogP contribution in [0.1, 0.15) is 10.5 Å². The van der Waals surface area contributed by atoms with Gasteiger partial charge in [0.15, 0.2) is 12.0 Å². The second-order valence-corrected chi connectivity index (χ2v) is 2.09. The molecular formula is C6H6F2N2O3. The Morgan fingerprint density at radius 2 is 2.46 bits per heavy atom. The second-order valence-electron chi connectivity index (χ2n) is 2.09. The Balaban J connectivity index is 2.65. The summed E-state index contributed by atoms with van der Waals surface area (Å²) in [7, 11) is 0. The van der Waals surface area contributed by atoms with Crippen LogP contribution in [0.2, 0.25) is 0 Å². The van der Waals surface area contributed by atoms with Crippen molar-refractivity contribution < 1.29 is 22.8 Å². The molecule has 0 atom stereocenters. The fraction of sp³-hybridized carbons (Fsp3) is 0.333. The monoisotopic (exact) mass is 192 g/mol. The van der Waals surface area contributed by atoms with E-state index < -0.39 is 18.9 Å². The number of ether oxygens (including phenoxy) is 1. The van der Waals surface area contributed by atoms with Gasteiger partial charge in [-0.2, -0.15) is 0 Å². The number of hydrogen-bond donors (Lipinski definition) is 1. The van der Waals surface area contributed by atoms with Gasteiger partial charge in [0, 0.05) is 0 Å². The molecule has 5 nitrogen and oxygen atoms in total. The van der Waals surface area contributed by atoms with Crippen LogP contribution in [0, 0.1) is 0 Å². The minimum absolute atomic E-state index is 0.173. The highest BCUT2D eigenvalue weighted by Gasteiger charge is 2.15. The summed E-state index contributed by atoms with van der Waals surface area (Å²) in [5, 5.41) is 3.17. The smallest absolute Gasteiger partial charge is 0.274 e. The van der Waals surface area contributed by atoms with Crippen LogP contribution in [0.25, 0.3) is 0 Å². The molecule has 0 aliphatic heterocycles. The molecule has 0 unspecified atom stereocenters. The molecule has 0 spiro atoms. The van der Waals surface area contributed by atoms with Gasteiger partial charge < -0.3 is 15.0 Å². The van der Waals surface area contributed by atoms with Crippen molar-refractivity contribution in [2.75, 3.05) is 6.61 Å². The third-order valence-electron chi connectivity index (χ3n) is 1.14. The van der Waals surface area contributed by atoms with Crippen LogP contribution >= 0.6 is 0 Å². The fourth-order valence-corrected chi connectivity index (χ4v) is 0.649. The number of nitrogens with zero attached hydrogens (tertiary/aromatic N) is 1. The number of amides is 1. The summed E-state index contributed by atoms with van der Waals surface area (Å²) >= 11 is 0. The molecule has 0 aliphatic carbocycles. The first-order chi connectivity index (χ1) is 6.11. The number of halogens is 2. The van der Waals surface area contributed by atoms with Crippen molar-refractivity contribution in [3.63, 3.8) is 0 Å². The van der Waals surface area contributed by atoms with Crippen molar-refractivity contribution in [2.24, 2.45) is 5.73 Å². The van der Waals surface area contributed by atoms with E-state index >= 15 is 0 Å². The molecule has 0 aliphatic rings. The van der Waals surface area contributed by atoms with E-state index in [1.54, 1.807) is 0 Å². The van der Waals surface area contributed by atoms with E-state index in [1.807, 2.05) is 0 Å². The third-order valence-corrected chi connectivity index (χ3v) is 1.14. The van der Waals surface area contributed by atoms with Crippen LogP contribution in [0.3, 0.4) is 0 Å². The molecule has 0 radical (unpaired) electrons. The summed E-state index contributed by atoms with van der Waals surface area (Å²) in [6.07, 6.45) is -1.70. The minimum atomic E-state index is -2.63. The Kier molecular flexibility index (Phi) is 2.78. The molecule has 0 aromatic carbocycles. The van der Waals surface area contributed by atoms with Gasteiger partial charge in [0.05, 0.1) is 0 Å². The topological polar surface area (TPSA) is 78.4 Å². The first-order valence-electron chi connectivity index (χ1n) is 3.26. The van der Waals surface area contributed by atoms with E-state index in [4.69, 9.17) is 5.73 Å². The maximum absolute atomic E-state index is 11.7. The molecule has 0 saturated heterocycles. The van der Waals surface area contributed by atoms with E-state index in [-0.39, 0.29) is 11.4 Å². The van der Waals surface area contributed by atoms with Gasteiger partial charge in [0.25, 0.3) is 12.3 Å². The largest absolute Gasteiger partial charge is 0.482 e. The number of hydrogen-bond acceptors (Lipinski definition) is 4. The number of rotatable bonds is 4. The SMILES string of the molecule is NC(=O)c1nocc1OCC(F)F. The van der Waals surface area contributed by atoms with E-state index in [0.717, 1.165) is 6.26 Å². The molecular weight excluding hydrogens is 186 g/mol. The number of carbonyl (C=O) groups excluding carboxylic acids is 1. The Hall–Kier alpha value is -1.66. The van der Waals surface area contributed by atoms with Crippen molar-refractivity contribution in [1.29, 1.82) is 0 Å². The van der Waals surface area contributed by atoms with E-state index in [2.05, 4.69) is 14.4 Å². The van der Waals surface area contributed by atoms with Gasteiger partial charge in [-0.3, -0.25) is 4.79 Å². The average molecular weight is 192 g/mol. The summed E-state index contributed by atoms with van der Waals surface area (Å²) < 4.78 is 32.1. The van der Waals surface area contributed by atoms with Gasteiger partial charge in [-0.25, -0.2) is 8.78 Å². The number of nitrogens with two attached hydrogens (primary N) is 1. The summed E-state index contributed by atoms with van der Waals surface area (Å²) in [4.78, 5) is 10.6. The van der Waals surface area contributed by atoms with Crippen molar-refractivity contribution >= 4 is 5.91 Å². The van der Waals surface area contributed by atoms with Crippen LogP contribution in [0.5, 0.6) is 5.75 Å². The van der Waals surface area contributed by atoms with E-state index in [0.29, 0.717) is 0 Å². The molecule has 7 heteroatoms. The molecule has 0 saturated carbocycles. The summed E-state index contributed by atoms with van der Waals surface area (Å²) in [5.41, 5.74) is 4.55.